The lowest BCUT2D eigenvalue weighted by molar-refractivity contribution is -0.128. The van der Waals surface area contributed by atoms with Gasteiger partial charge in [0.25, 0.3) is 5.91 Å². The third-order valence-corrected chi connectivity index (χ3v) is 4.61. The highest BCUT2D eigenvalue weighted by Crippen LogP contribution is 2.24. The van der Waals surface area contributed by atoms with Gasteiger partial charge in [0.05, 0.1) is 0 Å². The maximum atomic E-state index is 12.5. The Balaban J connectivity index is 1.84. The summed E-state index contributed by atoms with van der Waals surface area (Å²) in [7, 11) is 2.02. The van der Waals surface area contributed by atoms with Gasteiger partial charge < -0.3 is 15.0 Å². The van der Waals surface area contributed by atoms with Gasteiger partial charge in [-0.05, 0) is 41.7 Å². The van der Waals surface area contributed by atoms with Gasteiger partial charge in [0.1, 0.15) is 5.75 Å². The highest BCUT2D eigenvalue weighted by Gasteiger charge is 2.19. The molecule has 4 nitrogen and oxygen atoms in total. The fourth-order valence-corrected chi connectivity index (χ4v) is 2.79. The van der Waals surface area contributed by atoms with Crippen LogP contribution in [0.3, 0.4) is 0 Å². The number of benzene rings is 2. The van der Waals surface area contributed by atoms with Gasteiger partial charge in [0.15, 0.2) is 6.10 Å². The molecular formula is C23H32N2O2. The van der Waals surface area contributed by atoms with Crippen molar-refractivity contribution in [3.8, 4) is 5.75 Å². The summed E-state index contributed by atoms with van der Waals surface area (Å²) in [5, 5.41) is 2.98. The zero-order valence-electron chi connectivity index (χ0n) is 17.2. The van der Waals surface area contributed by atoms with Crippen molar-refractivity contribution in [1.82, 2.24) is 5.32 Å². The molecule has 0 aliphatic carbocycles. The molecule has 0 fully saturated rings. The molecule has 2 aromatic carbocycles. The molecule has 0 spiro atoms. The summed E-state index contributed by atoms with van der Waals surface area (Å²) < 4.78 is 5.91. The highest BCUT2D eigenvalue weighted by molar-refractivity contribution is 5.81. The van der Waals surface area contributed by atoms with Crippen molar-refractivity contribution in [3.05, 3.63) is 60.2 Å². The molecule has 0 unspecified atom stereocenters. The summed E-state index contributed by atoms with van der Waals surface area (Å²) in [5.41, 5.74) is 2.48. The van der Waals surface area contributed by atoms with E-state index in [-0.39, 0.29) is 11.3 Å². The van der Waals surface area contributed by atoms with Gasteiger partial charge in [0, 0.05) is 25.8 Å². The monoisotopic (exact) mass is 368 g/mol. The van der Waals surface area contributed by atoms with E-state index in [1.807, 2.05) is 44.3 Å². The number of carbonyl (C=O) groups is 1. The number of likely N-dealkylation sites (N-methyl/N-ethyl adjacent to an activating group) is 1. The minimum absolute atomic E-state index is 0.0705. The average Bonchev–Trinajstić information content (AvgIpc) is 2.66. The maximum absolute atomic E-state index is 12.5. The van der Waals surface area contributed by atoms with E-state index in [0.717, 1.165) is 18.0 Å². The van der Waals surface area contributed by atoms with E-state index in [1.165, 1.54) is 5.56 Å². The van der Waals surface area contributed by atoms with E-state index in [1.54, 1.807) is 0 Å². The van der Waals surface area contributed by atoms with Crippen LogP contribution in [-0.4, -0.2) is 32.1 Å². The van der Waals surface area contributed by atoms with E-state index in [0.29, 0.717) is 13.0 Å². The molecule has 146 valence electrons. The quantitative estimate of drug-likeness (QED) is 0.751. The first kappa shape index (κ1) is 20.8. The Morgan fingerprint density at radius 2 is 1.70 bits per heavy atom. The lowest BCUT2D eigenvalue weighted by Crippen LogP contribution is -2.41. The third kappa shape index (κ3) is 6.31. The predicted octanol–water partition coefficient (Wildman–Crippen LogP) is 4.39. The number of ether oxygens (including phenoxy) is 1. The largest absolute Gasteiger partial charge is 0.481 e. The number of hydrogen-bond acceptors (Lipinski definition) is 3. The lowest BCUT2D eigenvalue weighted by Gasteiger charge is -2.22. The Hall–Kier alpha value is -2.49. The van der Waals surface area contributed by atoms with Crippen LogP contribution < -0.4 is 15.0 Å². The number of nitrogens with one attached hydrogen (secondary N) is 1. The number of carbonyl (C=O) groups excluding carboxylic acids is 1. The van der Waals surface area contributed by atoms with Crippen molar-refractivity contribution in [3.63, 3.8) is 0 Å². The van der Waals surface area contributed by atoms with Crippen LogP contribution in [0.2, 0.25) is 0 Å². The maximum Gasteiger partial charge on any atom is 0.261 e. The minimum Gasteiger partial charge on any atom is -0.481 e. The Morgan fingerprint density at radius 3 is 2.26 bits per heavy atom. The molecule has 0 aromatic heterocycles. The van der Waals surface area contributed by atoms with Gasteiger partial charge in [-0.15, -0.1) is 0 Å². The number of hydrogen-bond donors (Lipinski definition) is 1. The first-order valence-electron chi connectivity index (χ1n) is 9.62. The van der Waals surface area contributed by atoms with Gasteiger partial charge in [-0.25, -0.2) is 0 Å². The number of rotatable bonds is 8. The molecule has 4 heteroatoms. The van der Waals surface area contributed by atoms with Crippen molar-refractivity contribution in [2.24, 2.45) is 0 Å². The normalized spacial score (nSPS) is 12.3. The zero-order valence-corrected chi connectivity index (χ0v) is 17.2. The second-order valence-corrected chi connectivity index (χ2v) is 7.84. The zero-order chi connectivity index (χ0) is 19.9. The average molecular weight is 369 g/mol. The summed E-state index contributed by atoms with van der Waals surface area (Å²) in [6.45, 7) is 9.82. The van der Waals surface area contributed by atoms with E-state index in [4.69, 9.17) is 4.74 Å². The number of para-hydroxylation sites is 1. The van der Waals surface area contributed by atoms with E-state index in [9.17, 15) is 4.79 Å². The van der Waals surface area contributed by atoms with Crippen LogP contribution >= 0.6 is 0 Å². The SMILES string of the molecule is CC[C@H](Oc1ccc(C(C)(C)C)cc1)C(=O)NCCN(C)c1ccccc1. The second kappa shape index (κ2) is 9.45. The molecule has 1 atom stereocenters. The van der Waals surface area contributed by atoms with Crippen LogP contribution in [0.5, 0.6) is 5.75 Å². The van der Waals surface area contributed by atoms with Crippen LogP contribution in [0.15, 0.2) is 54.6 Å². The van der Waals surface area contributed by atoms with Gasteiger partial charge in [-0.1, -0.05) is 58.0 Å². The van der Waals surface area contributed by atoms with E-state index < -0.39 is 6.10 Å². The molecule has 0 aliphatic rings. The van der Waals surface area contributed by atoms with Crippen molar-refractivity contribution in [1.29, 1.82) is 0 Å². The molecule has 27 heavy (non-hydrogen) atoms. The topological polar surface area (TPSA) is 41.6 Å². The molecule has 0 saturated carbocycles. The number of nitrogens with zero attached hydrogens (tertiary/aromatic N) is 1. The first-order valence-corrected chi connectivity index (χ1v) is 9.62. The fourth-order valence-electron chi connectivity index (χ4n) is 2.79. The molecule has 2 aromatic rings. The van der Waals surface area contributed by atoms with Crippen molar-refractivity contribution in [2.45, 2.75) is 45.6 Å². The summed E-state index contributed by atoms with van der Waals surface area (Å²) >= 11 is 0. The molecule has 0 heterocycles. The molecule has 0 saturated heterocycles. The Morgan fingerprint density at radius 1 is 1.07 bits per heavy atom. The summed E-state index contributed by atoms with van der Waals surface area (Å²) in [5.74, 6) is 0.658. The summed E-state index contributed by atoms with van der Waals surface area (Å²) in [6.07, 6.45) is 0.147. The Labute approximate surface area is 163 Å². The molecule has 2 rings (SSSR count). The standard InChI is InChI=1S/C23H32N2O2/c1-6-21(27-20-14-12-18(13-15-20)23(2,3)4)22(26)24-16-17-25(5)19-10-8-7-9-11-19/h7-15,21H,6,16-17H2,1-5H3,(H,24,26)/t21-/m0/s1. The predicted molar refractivity (Wildman–Crippen MR) is 113 cm³/mol. The van der Waals surface area contributed by atoms with Crippen LogP contribution in [0.4, 0.5) is 5.69 Å². The molecule has 1 N–H and O–H groups in total. The van der Waals surface area contributed by atoms with Crippen LogP contribution in [0.1, 0.15) is 39.7 Å². The Kier molecular flexibility index (Phi) is 7.28. The van der Waals surface area contributed by atoms with Crippen LogP contribution in [-0.2, 0) is 10.2 Å². The van der Waals surface area contributed by atoms with Gasteiger partial charge in [-0.3, -0.25) is 4.79 Å². The molecule has 0 radical (unpaired) electrons. The molecule has 0 aliphatic heterocycles. The number of amides is 1. The highest BCUT2D eigenvalue weighted by atomic mass is 16.5. The fraction of sp³-hybridized carbons (Fsp3) is 0.435. The van der Waals surface area contributed by atoms with Crippen LogP contribution in [0, 0.1) is 0 Å². The van der Waals surface area contributed by atoms with E-state index in [2.05, 4.69) is 55.3 Å². The third-order valence-electron chi connectivity index (χ3n) is 4.61. The molecule has 0 bridgehead atoms. The number of anilines is 1. The van der Waals surface area contributed by atoms with Crippen molar-refractivity contribution >= 4 is 11.6 Å². The lowest BCUT2D eigenvalue weighted by atomic mass is 9.87. The summed E-state index contributed by atoms with van der Waals surface area (Å²) in [6, 6.07) is 18.1. The summed E-state index contributed by atoms with van der Waals surface area (Å²) in [4.78, 5) is 14.6. The first-order chi connectivity index (χ1) is 12.8. The smallest absolute Gasteiger partial charge is 0.261 e. The minimum atomic E-state index is -0.479. The molecular weight excluding hydrogens is 336 g/mol. The van der Waals surface area contributed by atoms with Gasteiger partial charge in [-0.2, -0.15) is 0 Å². The van der Waals surface area contributed by atoms with Gasteiger partial charge in [0.2, 0.25) is 0 Å². The van der Waals surface area contributed by atoms with Crippen molar-refractivity contribution in [2.75, 3.05) is 25.0 Å². The van der Waals surface area contributed by atoms with Crippen molar-refractivity contribution < 1.29 is 9.53 Å². The Bertz CT molecular complexity index is 705. The van der Waals surface area contributed by atoms with Gasteiger partial charge >= 0.3 is 0 Å². The second-order valence-electron chi connectivity index (χ2n) is 7.84. The van der Waals surface area contributed by atoms with E-state index >= 15 is 0 Å². The molecule has 1 amide bonds. The van der Waals surface area contributed by atoms with Crippen LogP contribution in [0.25, 0.3) is 0 Å².